The van der Waals surface area contributed by atoms with Crippen LogP contribution in [0, 0.1) is 0 Å². The number of aliphatic hydroxyl groups is 3. The second-order valence-corrected chi connectivity index (χ2v) is 12.2. The molecular formula is C33H65N3O7. The average Bonchev–Trinajstić information content (AvgIpc) is 3.01. The molecule has 0 spiro atoms. The van der Waals surface area contributed by atoms with Crippen molar-refractivity contribution in [3.05, 3.63) is 0 Å². The minimum absolute atomic E-state index is 0.269. The maximum atomic E-state index is 13.4. The monoisotopic (exact) mass is 615 g/mol. The number of aliphatic hydroxyl groups excluding tert-OH is 3. The summed E-state index contributed by atoms with van der Waals surface area (Å²) in [6, 6.07) is -1.12. The van der Waals surface area contributed by atoms with Gasteiger partial charge >= 0.3 is 6.09 Å². The van der Waals surface area contributed by atoms with Crippen LogP contribution in [0.1, 0.15) is 142 Å². The SMILES string of the molecule is CCCCCCCCCCCCOC(=O)N(CCCCCCCCCCCC)[C@@H]1O[C@H](CO)[C@@H](O)[C@H](O)[C@H]1NC(=O)CN. The second-order valence-electron chi connectivity index (χ2n) is 12.2. The number of nitrogens with one attached hydrogen (secondary N) is 1. The minimum Gasteiger partial charge on any atom is -0.449 e. The molecule has 0 bridgehead atoms. The predicted molar refractivity (Wildman–Crippen MR) is 170 cm³/mol. The summed E-state index contributed by atoms with van der Waals surface area (Å²) in [6.45, 7) is 4.14. The van der Waals surface area contributed by atoms with Crippen molar-refractivity contribution in [1.29, 1.82) is 0 Å². The highest BCUT2D eigenvalue weighted by atomic mass is 16.6. The first-order valence-electron chi connectivity index (χ1n) is 17.5. The van der Waals surface area contributed by atoms with Crippen molar-refractivity contribution in [3.8, 4) is 0 Å². The number of nitrogens with two attached hydrogens (primary N) is 1. The molecule has 254 valence electrons. The van der Waals surface area contributed by atoms with E-state index in [4.69, 9.17) is 15.2 Å². The highest BCUT2D eigenvalue weighted by Crippen LogP contribution is 2.25. The van der Waals surface area contributed by atoms with Gasteiger partial charge in [-0.2, -0.15) is 0 Å². The molecule has 1 saturated heterocycles. The summed E-state index contributed by atoms with van der Waals surface area (Å²) in [6.07, 6.45) is 17.4. The zero-order valence-electron chi connectivity index (χ0n) is 27.4. The molecule has 0 saturated carbocycles. The van der Waals surface area contributed by atoms with Crippen molar-refractivity contribution in [2.24, 2.45) is 5.73 Å². The molecule has 5 atom stereocenters. The maximum absolute atomic E-state index is 13.4. The molecule has 10 nitrogen and oxygen atoms in total. The van der Waals surface area contributed by atoms with E-state index < -0.39 is 49.2 Å². The largest absolute Gasteiger partial charge is 0.449 e. The van der Waals surface area contributed by atoms with Gasteiger partial charge in [-0.1, -0.05) is 129 Å². The van der Waals surface area contributed by atoms with E-state index in [1.54, 1.807) is 0 Å². The summed E-state index contributed by atoms with van der Waals surface area (Å²) in [5, 5.41) is 33.7. The van der Waals surface area contributed by atoms with E-state index in [-0.39, 0.29) is 13.2 Å². The molecule has 1 rings (SSSR count). The van der Waals surface area contributed by atoms with E-state index >= 15 is 0 Å². The minimum atomic E-state index is -1.46. The van der Waals surface area contributed by atoms with Crippen LogP contribution in [0.25, 0.3) is 0 Å². The number of nitrogens with zero attached hydrogens (tertiary/aromatic N) is 1. The lowest BCUT2D eigenvalue weighted by molar-refractivity contribution is -0.226. The highest BCUT2D eigenvalue weighted by Gasteiger charge is 2.48. The van der Waals surface area contributed by atoms with E-state index in [0.29, 0.717) is 13.0 Å². The van der Waals surface area contributed by atoms with Gasteiger partial charge in [0.1, 0.15) is 24.4 Å². The number of hydrogen-bond acceptors (Lipinski definition) is 8. The van der Waals surface area contributed by atoms with Crippen LogP contribution in [0.3, 0.4) is 0 Å². The number of rotatable bonds is 26. The Morgan fingerprint density at radius 1 is 0.744 bits per heavy atom. The van der Waals surface area contributed by atoms with Crippen LogP contribution in [0.5, 0.6) is 0 Å². The summed E-state index contributed by atoms with van der Waals surface area (Å²) < 4.78 is 11.6. The van der Waals surface area contributed by atoms with Gasteiger partial charge in [0.25, 0.3) is 0 Å². The number of amides is 2. The molecule has 2 amide bonds. The lowest BCUT2D eigenvalue weighted by atomic mass is 9.95. The first-order valence-corrected chi connectivity index (χ1v) is 17.5. The van der Waals surface area contributed by atoms with Gasteiger partial charge in [-0.25, -0.2) is 4.79 Å². The molecule has 1 aliphatic heterocycles. The van der Waals surface area contributed by atoms with Crippen LogP contribution >= 0.6 is 0 Å². The summed E-state index contributed by atoms with van der Waals surface area (Å²) in [7, 11) is 0. The number of hydrogen-bond donors (Lipinski definition) is 5. The summed E-state index contributed by atoms with van der Waals surface area (Å²) in [5.41, 5.74) is 5.49. The fraction of sp³-hybridized carbons (Fsp3) is 0.939. The van der Waals surface area contributed by atoms with Gasteiger partial charge in [-0.3, -0.25) is 9.69 Å². The van der Waals surface area contributed by atoms with Gasteiger partial charge in [0.2, 0.25) is 5.91 Å². The topological polar surface area (TPSA) is 155 Å². The molecule has 0 aromatic rings. The number of unbranched alkanes of at least 4 members (excludes halogenated alkanes) is 18. The van der Waals surface area contributed by atoms with Crippen molar-refractivity contribution in [2.75, 3.05) is 26.3 Å². The molecule has 0 aromatic heterocycles. The smallest absolute Gasteiger partial charge is 0.411 e. The van der Waals surface area contributed by atoms with E-state index in [9.17, 15) is 24.9 Å². The van der Waals surface area contributed by atoms with Crippen LogP contribution < -0.4 is 11.1 Å². The average molecular weight is 616 g/mol. The zero-order valence-corrected chi connectivity index (χ0v) is 27.4. The Hall–Kier alpha value is -1.46. The van der Waals surface area contributed by atoms with Crippen molar-refractivity contribution < 1.29 is 34.4 Å². The van der Waals surface area contributed by atoms with Gasteiger partial charge in [-0.15, -0.1) is 0 Å². The van der Waals surface area contributed by atoms with Gasteiger partial charge in [0.05, 0.1) is 19.8 Å². The first kappa shape index (κ1) is 39.6. The fourth-order valence-corrected chi connectivity index (χ4v) is 5.69. The van der Waals surface area contributed by atoms with E-state index in [1.807, 2.05) is 0 Å². The van der Waals surface area contributed by atoms with Gasteiger partial charge in [0.15, 0.2) is 6.23 Å². The third kappa shape index (κ3) is 17.0. The Morgan fingerprint density at radius 3 is 1.67 bits per heavy atom. The van der Waals surface area contributed by atoms with Crippen molar-refractivity contribution >= 4 is 12.0 Å². The Bertz CT molecular complexity index is 699. The highest BCUT2D eigenvalue weighted by molar-refractivity contribution is 5.78. The van der Waals surface area contributed by atoms with E-state index in [1.165, 1.54) is 88.4 Å². The van der Waals surface area contributed by atoms with Crippen LogP contribution in [-0.4, -0.2) is 89.1 Å². The standard InChI is InChI=1S/C33H65N3O7/c1-3-5-7-9-11-13-15-17-19-21-23-36(33(41)42-24-22-20-18-16-14-12-10-8-6-4-2)32-29(35-28(38)25-34)31(40)30(39)27(26-37)43-32/h27,29-32,37,39-40H,3-26,34H2,1-2H3,(H,35,38)/t27-,29-,30-,31-,32-/m1/s1. The van der Waals surface area contributed by atoms with Gasteiger partial charge < -0.3 is 35.8 Å². The number of carbonyl (C=O) groups excluding carboxylic acids is 2. The quantitative estimate of drug-likeness (QED) is 0.0837. The number of ether oxygens (including phenoxy) is 2. The predicted octanol–water partition coefficient (Wildman–Crippen LogP) is 5.15. The van der Waals surface area contributed by atoms with Gasteiger partial charge in [0, 0.05) is 6.54 Å². The molecule has 6 N–H and O–H groups in total. The van der Waals surface area contributed by atoms with E-state index in [0.717, 1.165) is 38.5 Å². The van der Waals surface area contributed by atoms with Crippen LogP contribution in [-0.2, 0) is 14.3 Å². The normalized spacial score (nSPS) is 22.0. The molecule has 1 fully saturated rings. The molecule has 1 heterocycles. The lowest BCUT2D eigenvalue weighted by Gasteiger charge is -2.46. The Labute approximate surface area is 261 Å². The van der Waals surface area contributed by atoms with E-state index in [2.05, 4.69) is 19.2 Å². The second kappa shape index (κ2) is 25.8. The van der Waals surface area contributed by atoms with Crippen LogP contribution in [0.4, 0.5) is 4.79 Å². The van der Waals surface area contributed by atoms with Crippen LogP contribution in [0.2, 0.25) is 0 Å². The van der Waals surface area contributed by atoms with Gasteiger partial charge in [-0.05, 0) is 12.8 Å². The molecular weight excluding hydrogens is 550 g/mol. The van der Waals surface area contributed by atoms with Crippen molar-refractivity contribution in [3.63, 3.8) is 0 Å². The molecule has 43 heavy (non-hydrogen) atoms. The van der Waals surface area contributed by atoms with Crippen molar-refractivity contribution in [2.45, 2.75) is 173 Å². The Morgan fingerprint density at radius 2 is 1.21 bits per heavy atom. The maximum Gasteiger partial charge on any atom is 0.411 e. The van der Waals surface area contributed by atoms with Crippen molar-refractivity contribution in [1.82, 2.24) is 10.2 Å². The van der Waals surface area contributed by atoms with Crippen LogP contribution in [0.15, 0.2) is 0 Å². The third-order valence-corrected chi connectivity index (χ3v) is 8.43. The molecule has 0 aromatic carbocycles. The first-order chi connectivity index (χ1) is 20.9. The third-order valence-electron chi connectivity index (χ3n) is 8.43. The fourth-order valence-electron chi connectivity index (χ4n) is 5.69. The molecule has 0 radical (unpaired) electrons. The molecule has 0 aliphatic carbocycles. The summed E-state index contributed by atoms with van der Waals surface area (Å²) >= 11 is 0. The zero-order chi connectivity index (χ0) is 31.7. The number of carbonyl (C=O) groups is 2. The molecule has 10 heteroatoms. The Balaban J connectivity index is 2.68. The lowest BCUT2D eigenvalue weighted by Crippen LogP contribution is -2.69. The molecule has 1 aliphatic rings. The summed E-state index contributed by atoms with van der Waals surface area (Å²) in [4.78, 5) is 26.9. The molecule has 0 unspecified atom stereocenters. The summed E-state index contributed by atoms with van der Waals surface area (Å²) in [5.74, 6) is -0.551. The Kier molecular flexibility index (Phi) is 23.8.